The van der Waals surface area contributed by atoms with Crippen LogP contribution in [0.5, 0.6) is 0 Å². The zero-order valence-corrected chi connectivity index (χ0v) is 4.23. The van der Waals surface area contributed by atoms with Crippen LogP contribution < -0.4 is 11.1 Å². The molecule has 0 radical (unpaired) electrons. The van der Waals surface area contributed by atoms with E-state index < -0.39 is 0 Å². The second kappa shape index (κ2) is 3.10. The summed E-state index contributed by atoms with van der Waals surface area (Å²) in [4.78, 5) is 0. The van der Waals surface area contributed by atoms with E-state index >= 15 is 0 Å². The van der Waals surface area contributed by atoms with E-state index in [4.69, 9.17) is 12.2 Å². The predicted molar refractivity (Wildman–Crippen MR) is 29.9 cm³/mol. The van der Waals surface area contributed by atoms with Gasteiger partial charge in [0.15, 0.2) is 0 Å². The second-order valence-electron chi connectivity index (χ2n) is 1.12. The molecule has 3 N–H and O–H groups in total. The van der Waals surface area contributed by atoms with Crippen LogP contribution in [0.4, 0.5) is 0 Å². The molecule has 0 atom stereocenters. The summed E-state index contributed by atoms with van der Waals surface area (Å²) in [5, 5.41) is 2.56. The molecule has 0 saturated carbocycles. The van der Waals surface area contributed by atoms with Gasteiger partial charge in [0, 0.05) is 17.9 Å². The Morgan fingerprint density at radius 3 is 2.71 bits per heavy atom. The Morgan fingerprint density at radius 1 is 2.00 bits per heavy atom. The van der Waals surface area contributed by atoms with Crippen LogP contribution in [0.2, 0.25) is 0 Å². The summed E-state index contributed by atoms with van der Waals surface area (Å²) in [6.07, 6.45) is 6.26. The monoisotopic (exact) mass is 96.1 g/mol. The number of hydrogen-bond donors (Lipinski definition) is 2. The largest absolute Gasteiger partial charge is 0.403 e. The maximum absolute atomic E-state index is 5.04. The average Bonchev–Trinajstić information content (AvgIpc) is 1.68. The Hall–Kier alpha value is -1.10. The first-order chi connectivity index (χ1) is 3.31. The van der Waals surface area contributed by atoms with Crippen LogP contribution in [0.3, 0.4) is 0 Å². The highest BCUT2D eigenvalue weighted by molar-refractivity contribution is 5.00. The first kappa shape index (κ1) is 5.90. The van der Waals surface area contributed by atoms with Gasteiger partial charge < -0.3 is 11.1 Å². The predicted octanol–water partition coefficient (Wildman–Crippen LogP) is -0.0133. The van der Waals surface area contributed by atoms with Crippen LogP contribution in [-0.2, 0) is 0 Å². The zero-order chi connectivity index (χ0) is 5.70. The summed E-state index contributed by atoms with van der Waals surface area (Å²) in [6.45, 7) is 1.79. The second-order valence-corrected chi connectivity index (χ2v) is 1.12. The molecule has 0 aromatic carbocycles. The lowest BCUT2D eigenvalue weighted by atomic mass is 10.5. The van der Waals surface area contributed by atoms with Crippen LogP contribution in [-0.4, -0.2) is 0 Å². The molecule has 0 heterocycles. The van der Waals surface area contributed by atoms with Crippen molar-refractivity contribution in [3.05, 3.63) is 11.9 Å². The lowest BCUT2D eigenvalue weighted by Gasteiger charge is -1.90. The van der Waals surface area contributed by atoms with Gasteiger partial charge in [-0.15, -0.1) is 0 Å². The van der Waals surface area contributed by atoms with Gasteiger partial charge in [-0.3, -0.25) is 0 Å². The molecule has 7 heavy (non-hydrogen) atoms. The lowest BCUT2D eigenvalue weighted by Crippen LogP contribution is -2.02. The van der Waals surface area contributed by atoms with Gasteiger partial charge in [0.05, 0.1) is 0 Å². The van der Waals surface area contributed by atoms with Crippen molar-refractivity contribution in [2.24, 2.45) is 5.73 Å². The molecule has 0 fully saturated rings. The minimum Gasteiger partial charge on any atom is -0.403 e. The summed E-state index contributed by atoms with van der Waals surface area (Å²) < 4.78 is 0. The molecule has 0 aromatic rings. The van der Waals surface area contributed by atoms with Crippen molar-refractivity contribution >= 4 is 0 Å². The van der Waals surface area contributed by atoms with Crippen molar-refractivity contribution in [1.82, 2.24) is 5.32 Å². The van der Waals surface area contributed by atoms with Gasteiger partial charge in [-0.2, -0.15) is 0 Å². The Balaban J connectivity index is 3.43. The Kier molecular flexibility index (Phi) is 2.62. The van der Waals surface area contributed by atoms with Gasteiger partial charge >= 0.3 is 0 Å². The summed E-state index contributed by atoms with van der Waals surface area (Å²) in [6, 6.07) is 2.22. The number of terminal acetylenes is 1. The number of nitrogens with two attached hydrogens (primary N) is 1. The highest BCUT2D eigenvalue weighted by Crippen LogP contribution is 1.74. The number of rotatable bonds is 1. The standard InChI is InChI=1S/C5H8N2/c1-3-7-5(2)4-6/h1,4,7H,6H2,2H3/b5-4-. The van der Waals surface area contributed by atoms with Gasteiger partial charge in [-0.25, -0.2) is 0 Å². The van der Waals surface area contributed by atoms with E-state index in [1.807, 2.05) is 0 Å². The molecule has 0 aromatic heterocycles. The first-order valence-electron chi connectivity index (χ1n) is 1.91. The third-order valence-corrected chi connectivity index (χ3v) is 0.519. The molecule has 38 valence electrons. The number of hydrogen-bond acceptors (Lipinski definition) is 2. The molecular formula is C5H8N2. The van der Waals surface area contributed by atoms with E-state index in [-0.39, 0.29) is 0 Å². The van der Waals surface area contributed by atoms with E-state index in [0.29, 0.717) is 0 Å². The fraction of sp³-hybridized carbons (Fsp3) is 0.200. The van der Waals surface area contributed by atoms with Gasteiger partial charge in [0.2, 0.25) is 0 Å². The van der Waals surface area contributed by atoms with Crippen molar-refractivity contribution in [3.63, 3.8) is 0 Å². The molecule has 0 bridgehead atoms. The Morgan fingerprint density at radius 2 is 2.57 bits per heavy atom. The molecule has 0 aliphatic rings. The summed E-state index contributed by atoms with van der Waals surface area (Å²) in [5.41, 5.74) is 5.83. The highest BCUT2D eigenvalue weighted by Gasteiger charge is 1.73. The molecule has 2 heteroatoms. The molecular weight excluding hydrogens is 88.1 g/mol. The van der Waals surface area contributed by atoms with Crippen LogP contribution >= 0.6 is 0 Å². The molecule has 0 aliphatic carbocycles. The number of nitrogens with one attached hydrogen (secondary N) is 1. The van der Waals surface area contributed by atoms with E-state index in [1.165, 1.54) is 6.20 Å². The van der Waals surface area contributed by atoms with Crippen molar-refractivity contribution in [2.75, 3.05) is 0 Å². The molecule has 0 amide bonds. The van der Waals surface area contributed by atoms with Crippen LogP contribution in [0, 0.1) is 12.5 Å². The first-order valence-corrected chi connectivity index (χ1v) is 1.91. The zero-order valence-electron chi connectivity index (χ0n) is 4.23. The number of allylic oxidation sites excluding steroid dienone is 1. The minimum absolute atomic E-state index is 0.794. The maximum atomic E-state index is 5.04. The Labute approximate surface area is 43.4 Å². The molecule has 0 aliphatic heterocycles. The quantitative estimate of drug-likeness (QED) is 0.356. The van der Waals surface area contributed by atoms with Crippen molar-refractivity contribution in [2.45, 2.75) is 6.92 Å². The van der Waals surface area contributed by atoms with E-state index in [0.717, 1.165) is 5.70 Å². The molecule has 0 spiro atoms. The normalized spacial score (nSPS) is 10.0. The van der Waals surface area contributed by atoms with Gasteiger partial charge in [0.1, 0.15) is 0 Å². The summed E-state index contributed by atoms with van der Waals surface area (Å²) in [7, 11) is 0. The van der Waals surface area contributed by atoms with Crippen molar-refractivity contribution in [1.29, 1.82) is 0 Å². The minimum atomic E-state index is 0.794. The van der Waals surface area contributed by atoms with Crippen LogP contribution in [0.25, 0.3) is 0 Å². The molecule has 0 rings (SSSR count). The van der Waals surface area contributed by atoms with Gasteiger partial charge in [0.25, 0.3) is 0 Å². The van der Waals surface area contributed by atoms with Crippen molar-refractivity contribution in [3.8, 4) is 12.5 Å². The third kappa shape index (κ3) is 2.71. The highest BCUT2D eigenvalue weighted by atomic mass is 14.8. The molecule has 0 saturated heterocycles. The maximum Gasteiger partial charge on any atom is 0.0353 e. The van der Waals surface area contributed by atoms with Gasteiger partial charge in [-0.05, 0) is 6.92 Å². The topological polar surface area (TPSA) is 38.0 Å². The van der Waals surface area contributed by atoms with E-state index in [2.05, 4.69) is 11.4 Å². The molecule has 2 nitrogen and oxygen atoms in total. The van der Waals surface area contributed by atoms with Crippen LogP contribution in [0.15, 0.2) is 11.9 Å². The molecule has 0 unspecified atom stereocenters. The summed E-state index contributed by atoms with van der Waals surface area (Å²) in [5.74, 6) is 0. The third-order valence-electron chi connectivity index (χ3n) is 0.519. The average molecular weight is 96.1 g/mol. The van der Waals surface area contributed by atoms with Gasteiger partial charge in [-0.1, -0.05) is 6.42 Å². The smallest absolute Gasteiger partial charge is 0.0353 e. The Bertz CT molecular complexity index is 108. The van der Waals surface area contributed by atoms with E-state index in [1.54, 1.807) is 6.92 Å². The van der Waals surface area contributed by atoms with Crippen molar-refractivity contribution < 1.29 is 0 Å². The summed E-state index contributed by atoms with van der Waals surface area (Å²) >= 11 is 0. The fourth-order valence-corrected chi connectivity index (χ4v) is 0.156. The van der Waals surface area contributed by atoms with E-state index in [9.17, 15) is 0 Å². The lowest BCUT2D eigenvalue weighted by molar-refractivity contribution is 1.09. The fourth-order valence-electron chi connectivity index (χ4n) is 0.156. The van der Waals surface area contributed by atoms with Crippen LogP contribution in [0.1, 0.15) is 6.92 Å². The SMILES string of the molecule is C#CN/C(C)=C\N.